The van der Waals surface area contributed by atoms with Crippen molar-refractivity contribution < 1.29 is 13.9 Å². The molecule has 176 valence electrons. The van der Waals surface area contributed by atoms with Crippen LogP contribution in [0.3, 0.4) is 0 Å². The molecule has 2 aliphatic rings. The number of aromatic nitrogens is 1. The summed E-state index contributed by atoms with van der Waals surface area (Å²) in [4.78, 5) is 20.2. The molecule has 2 aromatic carbocycles. The van der Waals surface area contributed by atoms with Crippen LogP contribution in [0.4, 0.5) is 4.39 Å². The molecule has 1 aliphatic carbocycles. The van der Waals surface area contributed by atoms with Crippen molar-refractivity contribution in [3.63, 3.8) is 0 Å². The monoisotopic (exact) mass is 522 g/mol. The highest BCUT2D eigenvalue weighted by atomic mass is 79.9. The molecule has 0 bridgehead atoms. The normalized spacial score (nSPS) is 18.4. The fourth-order valence-corrected chi connectivity index (χ4v) is 5.24. The number of hydrogen-bond donors (Lipinski definition) is 0. The highest BCUT2D eigenvalue weighted by molar-refractivity contribution is 9.10. The number of nitrogens with zero attached hydrogens (tertiary/aromatic N) is 2. The minimum absolute atomic E-state index is 0.0231. The number of benzene rings is 2. The Morgan fingerprint density at radius 3 is 2.68 bits per heavy atom. The van der Waals surface area contributed by atoms with E-state index in [2.05, 4.69) is 40.0 Å². The van der Waals surface area contributed by atoms with Gasteiger partial charge in [-0.25, -0.2) is 9.37 Å². The van der Waals surface area contributed by atoms with E-state index in [1.165, 1.54) is 17.2 Å². The summed E-state index contributed by atoms with van der Waals surface area (Å²) in [6, 6.07) is 15.2. The third-order valence-corrected chi connectivity index (χ3v) is 7.54. The van der Waals surface area contributed by atoms with Crippen LogP contribution in [-0.4, -0.2) is 22.3 Å². The fourth-order valence-electron chi connectivity index (χ4n) is 4.91. The van der Waals surface area contributed by atoms with Crippen LogP contribution in [0.1, 0.15) is 83.1 Å². The van der Waals surface area contributed by atoms with Crippen LogP contribution < -0.4 is 4.74 Å². The van der Waals surface area contributed by atoms with Crippen LogP contribution in [-0.2, 0) is 6.42 Å². The Kier molecular flexibility index (Phi) is 6.19. The van der Waals surface area contributed by atoms with Gasteiger partial charge >= 0.3 is 0 Å². The molecule has 0 radical (unpaired) electrons. The molecule has 0 N–H and O–H groups in total. The van der Waals surface area contributed by atoms with Crippen LogP contribution >= 0.6 is 15.9 Å². The van der Waals surface area contributed by atoms with E-state index in [9.17, 15) is 9.18 Å². The third kappa shape index (κ3) is 4.36. The number of carbonyl (C=O) groups excluding carboxylic acids is 1. The van der Waals surface area contributed by atoms with E-state index in [4.69, 9.17) is 4.74 Å². The standard InChI is InChI=1S/C28H28BrFN2O2/c1-16-24(20-8-9-20)15-26(28(33)32-13-12-19-6-4-5-7-22(19)17(32)2)31-27(16)34-18(3)23-11-10-21(29)14-25(23)30/h4-7,10-11,14-15,17-18,20H,8-9,12-13H2,1-3H3/t17-,18?/m1/s1. The SMILES string of the molecule is Cc1c(C2CC2)cc(C(=O)N2CCc3ccccc3[C@H]2C)nc1OC(C)c1ccc(Br)cc1F. The zero-order valence-electron chi connectivity index (χ0n) is 19.6. The predicted octanol–water partition coefficient (Wildman–Crippen LogP) is 7.07. The van der Waals surface area contributed by atoms with E-state index in [0.717, 1.165) is 30.4 Å². The van der Waals surface area contributed by atoms with Gasteiger partial charge < -0.3 is 9.64 Å². The number of pyridine rings is 1. The van der Waals surface area contributed by atoms with Gasteiger partial charge in [0.25, 0.3) is 5.91 Å². The average Bonchev–Trinajstić information content (AvgIpc) is 3.65. The van der Waals surface area contributed by atoms with Gasteiger partial charge in [0.2, 0.25) is 5.88 Å². The maximum absolute atomic E-state index is 14.5. The van der Waals surface area contributed by atoms with Gasteiger partial charge in [-0.15, -0.1) is 0 Å². The summed E-state index contributed by atoms with van der Waals surface area (Å²) in [5.74, 6) is 0.412. The molecule has 0 saturated heterocycles. The van der Waals surface area contributed by atoms with Gasteiger partial charge in [0.15, 0.2) is 0 Å². The Labute approximate surface area is 208 Å². The average molecular weight is 523 g/mol. The number of fused-ring (bicyclic) bond motifs is 1. The smallest absolute Gasteiger partial charge is 0.273 e. The molecule has 6 heteroatoms. The zero-order valence-corrected chi connectivity index (χ0v) is 21.2. The Bertz CT molecular complexity index is 1260. The Balaban J connectivity index is 1.47. The van der Waals surface area contributed by atoms with Crippen molar-refractivity contribution >= 4 is 21.8 Å². The minimum Gasteiger partial charge on any atom is -0.469 e. The largest absolute Gasteiger partial charge is 0.469 e. The van der Waals surface area contributed by atoms with Crippen molar-refractivity contribution in [1.29, 1.82) is 0 Å². The highest BCUT2D eigenvalue weighted by Crippen LogP contribution is 2.44. The third-order valence-electron chi connectivity index (χ3n) is 7.05. The van der Waals surface area contributed by atoms with Gasteiger partial charge in [-0.2, -0.15) is 0 Å². The van der Waals surface area contributed by atoms with E-state index in [1.54, 1.807) is 12.1 Å². The Morgan fingerprint density at radius 1 is 1.18 bits per heavy atom. The van der Waals surface area contributed by atoms with Gasteiger partial charge in [-0.05, 0) is 80.8 Å². The molecular formula is C28H28BrFN2O2. The highest BCUT2D eigenvalue weighted by Gasteiger charge is 2.33. The summed E-state index contributed by atoms with van der Waals surface area (Å²) in [5.41, 5.74) is 5.38. The number of halogens is 2. The minimum atomic E-state index is -0.544. The van der Waals surface area contributed by atoms with Crippen molar-refractivity contribution in [2.24, 2.45) is 0 Å². The molecular weight excluding hydrogens is 495 g/mol. The second-order valence-electron chi connectivity index (χ2n) is 9.35. The van der Waals surface area contributed by atoms with Crippen molar-refractivity contribution in [3.8, 4) is 5.88 Å². The molecule has 1 unspecified atom stereocenters. The molecule has 34 heavy (non-hydrogen) atoms. The summed E-state index contributed by atoms with van der Waals surface area (Å²) >= 11 is 3.30. The predicted molar refractivity (Wildman–Crippen MR) is 134 cm³/mol. The number of carbonyl (C=O) groups is 1. The molecule has 3 aromatic rings. The molecule has 1 aliphatic heterocycles. The Morgan fingerprint density at radius 2 is 1.94 bits per heavy atom. The van der Waals surface area contributed by atoms with Gasteiger partial charge in [-0.3, -0.25) is 4.79 Å². The lowest BCUT2D eigenvalue weighted by Crippen LogP contribution is -2.39. The van der Waals surface area contributed by atoms with Gasteiger partial charge in [0.05, 0.1) is 6.04 Å². The van der Waals surface area contributed by atoms with Crippen molar-refractivity contribution in [2.75, 3.05) is 6.54 Å². The van der Waals surface area contributed by atoms with Gasteiger partial charge in [-0.1, -0.05) is 46.3 Å². The number of amides is 1. The second-order valence-corrected chi connectivity index (χ2v) is 10.3. The van der Waals surface area contributed by atoms with Crippen molar-refractivity contribution in [1.82, 2.24) is 9.88 Å². The molecule has 1 saturated carbocycles. The first-order valence-electron chi connectivity index (χ1n) is 11.9. The first kappa shape index (κ1) is 23.0. The first-order valence-corrected chi connectivity index (χ1v) is 12.6. The maximum Gasteiger partial charge on any atom is 0.273 e. The first-order chi connectivity index (χ1) is 16.3. The van der Waals surface area contributed by atoms with Crippen LogP contribution in [0, 0.1) is 12.7 Å². The summed E-state index contributed by atoms with van der Waals surface area (Å²) in [5, 5.41) is 0. The van der Waals surface area contributed by atoms with Gasteiger partial charge in [0.1, 0.15) is 17.6 Å². The lowest BCUT2D eigenvalue weighted by atomic mass is 9.93. The van der Waals surface area contributed by atoms with Crippen LogP contribution in [0.2, 0.25) is 0 Å². The molecule has 2 heterocycles. The summed E-state index contributed by atoms with van der Waals surface area (Å²) in [7, 11) is 0. The topological polar surface area (TPSA) is 42.4 Å². The lowest BCUT2D eigenvalue weighted by molar-refractivity contribution is 0.0669. The molecule has 1 aromatic heterocycles. The number of rotatable bonds is 5. The number of hydrogen-bond acceptors (Lipinski definition) is 3. The zero-order chi connectivity index (χ0) is 24.0. The lowest BCUT2D eigenvalue weighted by Gasteiger charge is -2.35. The van der Waals surface area contributed by atoms with E-state index >= 15 is 0 Å². The van der Waals surface area contributed by atoms with E-state index < -0.39 is 6.10 Å². The van der Waals surface area contributed by atoms with Crippen LogP contribution in [0.25, 0.3) is 0 Å². The van der Waals surface area contributed by atoms with Crippen molar-refractivity contribution in [2.45, 2.75) is 58.1 Å². The summed E-state index contributed by atoms with van der Waals surface area (Å²) in [6.07, 6.45) is 2.49. The maximum atomic E-state index is 14.5. The summed E-state index contributed by atoms with van der Waals surface area (Å²) < 4.78 is 21.4. The molecule has 1 amide bonds. The molecule has 1 fully saturated rings. The number of ether oxygens (including phenoxy) is 1. The van der Waals surface area contributed by atoms with Crippen LogP contribution in [0.5, 0.6) is 5.88 Å². The van der Waals surface area contributed by atoms with E-state index in [1.807, 2.05) is 36.9 Å². The van der Waals surface area contributed by atoms with Crippen LogP contribution in [0.15, 0.2) is 53.0 Å². The fraction of sp³-hybridized carbons (Fsp3) is 0.357. The molecule has 5 rings (SSSR count). The Hall–Kier alpha value is -2.73. The van der Waals surface area contributed by atoms with Gasteiger partial charge in [0, 0.05) is 22.1 Å². The quantitative estimate of drug-likeness (QED) is 0.359. The van der Waals surface area contributed by atoms with E-state index in [0.29, 0.717) is 34.1 Å². The van der Waals surface area contributed by atoms with E-state index in [-0.39, 0.29) is 17.8 Å². The second kappa shape index (κ2) is 9.14. The molecule has 0 spiro atoms. The molecule has 4 nitrogen and oxygen atoms in total. The molecule has 2 atom stereocenters. The van der Waals surface area contributed by atoms with Crippen molar-refractivity contribution in [3.05, 3.63) is 92.3 Å². The summed E-state index contributed by atoms with van der Waals surface area (Å²) in [6.45, 7) is 6.51.